The van der Waals surface area contributed by atoms with E-state index in [4.69, 9.17) is 9.47 Å². The zero-order valence-corrected chi connectivity index (χ0v) is 21.5. The fourth-order valence-corrected chi connectivity index (χ4v) is 3.38. The first-order valence-electron chi connectivity index (χ1n) is 11.7. The highest BCUT2D eigenvalue weighted by Gasteiger charge is 2.34. The van der Waals surface area contributed by atoms with Crippen molar-refractivity contribution in [1.82, 2.24) is 10.6 Å². The molecule has 2 atom stereocenters. The molecule has 186 valence electrons. The molecule has 0 heterocycles. The molecule has 0 saturated heterocycles. The SMILES string of the molecule is CNC(=O)[C@@H](NC(=O)[C@@H](CCCCOc1cccc(C)c1)CC(=O)OC(C)(C)C)C(C)(C)C. The number of hydrogen-bond acceptors (Lipinski definition) is 5. The summed E-state index contributed by atoms with van der Waals surface area (Å²) in [5, 5.41) is 5.46. The van der Waals surface area contributed by atoms with Gasteiger partial charge in [-0.05, 0) is 70.1 Å². The van der Waals surface area contributed by atoms with E-state index in [1.807, 2.05) is 52.0 Å². The number of benzene rings is 1. The quantitative estimate of drug-likeness (QED) is 0.380. The van der Waals surface area contributed by atoms with Gasteiger partial charge in [-0.2, -0.15) is 0 Å². The zero-order chi connectivity index (χ0) is 25.2. The summed E-state index contributed by atoms with van der Waals surface area (Å²) >= 11 is 0. The molecule has 0 aliphatic heterocycles. The molecule has 0 fully saturated rings. The number of esters is 1. The number of carbonyl (C=O) groups is 3. The predicted molar refractivity (Wildman–Crippen MR) is 130 cm³/mol. The van der Waals surface area contributed by atoms with Gasteiger partial charge in [0.25, 0.3) is 0 Å². The Morgan fingerprint density at radius 2 is 1.67 bits per heavy atom. The smallest absolute Gasteiger partial charge is 0.307 e. The van der Waals surface area contributed by atoms with Crippen molar-refractivity contribution in [3.8, 4) is 5.75 Å². The van der Waals surface area contributed by atoms with Crippen molar-refractivity contribution in [2.75, 3.05) is 13.7 Å². The van der Waals surface area contributed by atoms with E-state index < -0.39 is 28.9 Å². The van der Waals surface area contributed by atoms with Crippen molar-refractivity contribution in [1.29, 1.82) is 0 Å². The van der Waals surface area contributed by atoms with E-state index in [1.54, 1.807) is 27.8 Å². The molecular formula is C26H42N2O5. The predicted octanol–water partition coefficient (Wildman–Crippen LogP) is 4.17. The van der Waals surface area contributed by atoms with Gasteiger partial charge < -0.3 is 20.1 Å². The van der Waals surface area contributed by atoms with Crippen LogP contribution in [0.5, 0.6) is 5.75 Å². The summed E-state index contributed by atoms with van der Waals surface area (Å²) in [6, 6.07) is 7.14. The first kappa shape index (κ1) is 28.5. The standard InChI is InChI=1S/C26H42N2O5/c1-18-12-11-14-20(16-18)32-15-10-9-13-19(17-21(29)33-26(5,6)7)23(30)28-22(24(31)27-8)25(2,3)4/h11-12,14,16,19,22H,9-10,13,15,17H2,1-8H3,(H,27,31)(H,28,30)/t19-,22+/m0/s1. The van der Waals surface area contributed by atoms with Crippen LogP contribution in [0.15, 0.2) is 24.3 Å². The number of carbonyl (C=O) groups excluding carboxylic acids is 3. The second kappa shape index (κ2) is 12.6. The zero-order valence-electron chi connectivity index (χ0n) is 21.5. The van der Waals surface area contributed by atoms with Gasteiger partial charge in [-0.25, -0.2) is 0 Å². The van der Waals surface area contributed by atoms with Gasteiger partial charge in [0.2, 0.25) is 11.8 Å². The molecule has 0 aliphatic rings. The van der Waals surface area contributed by atoms with Gasteiger partial charge >= 0.3 is 5.97 Å². The highest BCUT2D eigenvalue weighted by atomic mass is 16.6. The van der Waals surface area contributed by atoms with Gasteiger partial charge in [-0.15, -0.1) is 0 Å². The van der Waals surface area contributed by atoms with Crippen LogP contribution in [0.1, 0.15) is 72.8 Å². The fourth-order valence-electron chi connectivity index (χ4n) is 3.38. The Morgan fingerprint density at radius 3 is 2.21 bits per heavy atom. The largest absolute Gasteiger partial charge is 0.494 e. The van der Waals surface area contributed by atoms with E-state index in [-0.39, 0.29) is 18.2 Å². The van der Waals surface area contributed by atoms with Crippen LogP contribution in [0.3, 0.4) is 0 Å². The first-order valence-corrected chi connectivity index (χ1v) is 11.7. The minimum absolute atomic E-state index is 0.0353. The Bertz CT molecular complexity index is 793. The van der Waals surface area contributed by atoms with Crippen LogP contribution < -0.4 is 15.4 Å². The summed E-state index contributed by atoms with van der Waals surface area (Å²) in [6.07, 6.45) is 1.90. The Hall–Kier alpha value is -2.57. The average molecular weight is 463 g/mol. The third-order valence-electron chi connectivity index (χ3n) is 5.07. The number of likely N-dealkylation sites (N-methyl/N-ethyl adjacent to an activating group) is 1. The summed E-state index contributed by atoms with van der Waals surface area (Å²) in [7, 11) is 1.54. The Labute approximate surface area is 199 Å². The van der Waals surface area contributed by atoms with Crippen LogP contribution in [0.2, 0.25) is 0 Å². The number of unbranched alkanes of at least 4 members (excludes halogenated alkanes) is 1. The molecule has 0 saturated carbocycles. The van der Waals surface area contributed by atoms with Crippen LogP contribution in [-0.2, 0) is 19.1 Å². The molecule has 0 radical (unpaired) electrons. The normalized spacial score (nSPS) is 13.6. The van der Waals surface area contributed by atoms with Crippen LogP contribution >= 0.6 is 0 Å². The van der Waals surface area contributed by atoms with Crippen LogP contribution in [-0.4, -0.2) is 43.1 Å². The second-order valence-electron chi connectivity index (χ2n) is 10.6. The summed E-state index contributed by atoms with van der Waals surface area (Å²) in [5.41, 5.74) is 0.0232. The van der Waals surface area contributed by atoms with Crippen molar-refractivity contribution in [3.63, 3.8) is 0 Å². The van der Waals surface area contributed by atoms with Crippen LogP contribution in [0.25, 0.3) is 0 Å². The van der Waals surface area contributed by atoms with Gasteiger partial charge in [-0.3, -0.25) is 14.4 Å². The molecular weight excluding hydrogens is 420 g/mol. The number of ether oxygens (including phenoxy) is 2. The van der Waals surface area contributed by atoms with Gasteiger partial charge in [0.1, 0.15) is 17.4 Å². The number of nitrogens with one attached hydrogen (secondary N) is 2. The maximum atomic E-state index is 13.1. The lowest BCUT2D eigenvalue weighted by atomic mass is 9.85. The van der Waals surface area contributed by atoms with E-state index in [2.05, 4.69) is 10.6 Å². The van der Waals surface area contributed by atoms with E-state index in [0.717, 1.165) is 17.7 Å². The summed E-state index contributed by atoms with van der Waals surface area (Å²) in [5.74, 6) is -0.779. The minimum atomic E-state index is -0.708. The van der Waals surface area contributed by atoms with Crippen molar-refractivity contribution in [3.05, 3.63) is 29.8 Å². The number of hydrogen-bond donors (Lipinski definition) is 2. The molecule has 33 heavy (non-hydrogen) atoms. The molecule has 0 aliphatic carbocycles. The van der Waals surface area contributed by atoms with Crippen molar-refractivity contribution in [2.24, 2.45) is 11.3 Å². The molecule has 7 nitrogen and oxygen atoms in total. The Balaban J connectivity index is 2.77. The van der Waals surface area contributed by atoms with Crippen molar-refractivity contribution >= 4 is 17.8 Å². The lowest BCUT2D eigenvalue weighted by molar-refractivity contribution is -0.157. The van der Waals surface area contributed by atoms with Gasteiger partial charge in [0, 0.05) is 13.0 Å². The maximum Gasteiger partial charge on any atom is 0.307 e. The van der Waals surface area contributed by atoms with Gasteiger partial charge in [0.05, 0.1) is 13.0 Å². The summed E-state index contributed by atoms with van der Waals surface area (Å²) in [6.45, 7) is 13.6. The molecule has 7 heteroatoms. The Kier molecular flexibility index (Phi) is 10.9. The highest BCUT2D eigenvalue weighted by molar-refractivity contribution is 5.90. The topological polar surface area (TPSA) is 93.7 Å². The third-order valence-corrected chi connectivity index (χ3v) is 5.07. The van der Waals surface area contributed by atoms with Crippen molar-refractivity contribution in [2.45, 2.75) is 85.8 Å². The monoisotopic (exact) mass is 462 g/mol. The minimum Gasteiger partial charge on any atom is -0.494 e. The van der Waals surface area contributed by atoms with Gasteiger partial charge in [0.15, 0.2) is 0 Å². The number of rotatable bonds is 11. The highest BCUT2D eigenvalue weighted by Crippen LogP contribution is 2.23. The molecule has 1 aromatic rings. The lowest BCUT2D eigenvalue weighted by Crippen LogP contribution is -2.54. The number of amides is 2. The third kappa shape index (κ3) is 11.2. The summed E-state index contributed by atoms with van der Waals surface area (Å²) < 4.78 is 11.2. The van der Waals surface area contributed by atoms with E-state index in [0.29, 0.717) is 19.4 Å². The number of aryl methyl sites for hydroxylation is 1. The molecule has 2 N–H and O–H groups in total. The lowest BCUT2D eigenvalue weighted by Gasteiger charge is -2.31. The molecule has 1 rings (SSSR count). The van der Waals surface area contributed by atoms with E-state index >= 15 is 0 Å². The average Bonchev–Trinajstić information content (AvgIpc) is 2.68. The van der Waals surface area contributed by atoms with E-state index in [9.17, 15) is 14.4 Å². The molecule has 2 amide bonds. The second-order valence-corrected chi connectivity index (χ2v) is 10.6. The van der Waals surface area contributed by atoms with E-state index in [1.165, 1.54) is 0 Å². The van der Waals surface area contributed by atoms with Crippen LogP contribution in [0.4, 0.5) is 0 Å². The van der Waals surface area contributed by atoms with Crippen molar-refractivity contribution < 1.29 is 23.9 Å². The molecule has 0 unspecified atom stereocenters. The molecule has 0 spiro atoms. The molecule has 0 aromatic heterocycles. The Morgan fingerprint density at radius 1 is 1.00 bits per heavy atom. The fraction of sp³-hybridized carbons (Fsp3) is 0.654. The molecule has 0 bridgehead atoms. The van der Waals surface area contributed by atoms with Crippen LogP contribution in [0, 0.1) is 18.3 Å². The maximum absolute atomic E-state index is 13.1. The summed E-state index contributed by atoms with van der Waals surface area (Å²) in [4.78, 5) is 37.9. The molecule has 1 aromatic carbocycles. The van der Waals surface area contributed by atoms with Gasteiger partial charge in [-0.1, -0.05) is 32.9 Å². The first-order chi connectivity index (χ1) is 15.2.